The Morgan fingerprint density at radius 1 is 1.00 bits per heavy atom. The average Bonchev–Trinajstić information content (AvgIpc) is 2.83. The fourth-order valence-corrected chi connectivity index (χ4v) is 5.01. The van der Waals surface area contributed by atoms with Gasteiger partial charge in [-0.2, -0.15) is 0 Å². The van der Waals surface area contributed by atoms with Crippen LogP contribution in [0.15, 0.2) is 42.5 Å². The van der Waals surface area contributed by atoms with Gasteiger partial charge in [0, 0.05) is 35.7 Å². The molecular formula is C32H47ClN2O2. The Morgan fingerprint density at radius 2 is 1.65 bits per heavy atom. The quantitative estimate of drug-likeness (QED) is 0.265. The van der Waals surface area contributed by atoms with Crippen molar-refractivity contribution in [2.45, 2.75) is 80.3 Å². The summed E-state index contributed by atoms with van der Waals surface area (Å²) in [7, 11) is 0. The van der Waals surface area contributed by atoms with E-state index in [-0.39, 0.29) is 12.0 Å². The van der Waals surface area contributed by atoms with Gasteiger partial charge in [-0.05, 0) is 74.9 Å². The van der Waals surface area contributed by atoms with Crippen LogP contribution in [0.25, 0.3) is 22.2 Å². The number of rotatable bonds is 11. The second-order valence-electron chi connectivity index (χ2n) is 10.9. The highest BCUT2D eigenvalue weighted by atomic mass is 35.5. The fraction of sp³-hybridized carbons (Fsp3) is 0.531. The molecule has 0 aliphatic carbocycles. The van der Waals surface area contributed by atoms with Crippen LogP contribution >= 0.6 is 11.6 Å². The van der Waals surface area contributed by atoms with Gasteiger partial charge in [-0.1, -0.05) is 82.0 Å². The minimum atomic E-state index is -0.607. The Kier molecular flexibility index (Phi) is 12.5. The zero-order valence-electron chi connectivity index (χ0n) is 23.9. The predicted octanol–water partition coefficient (Wildman–Crippen LogP) is 8.13. The molecule has 0 spiro atoms. The van der Waals surface area contributed by atoms with E-state index in [9.17, 15) is 5.11 Å². The number of benzene rings is 2. The highest BCUT2D eigenvalue weighted by Gasteiger charge is 2.24. The van der Waals surface area contributed by atoms with Crippen LogP contribution in [0.4, 0.5) is 0 Å². The summed E-state index contributed by atoms with van der Waals surface area (Å²) >= 11 is 6.47. The minimum absolute atomic E-state index is 0.222. The van der Waals surface area contributed by atoms with E-state index in [1.165, 1.54) is 18.4 Å². The molecule has 3 rings (SSSR count). The van der Waals surface area contributed by atoms with Gasteiger partial charge < -0.3 is 10.2 Å². The molecule has 0 amide bonds. The lowest BCUT2D eigenvalue weighted by molar-refractivity contribution is 0.0849. The maximum absolute atomic E-state index is 11.6. The monoisotopic (exact) mass is 526 g/mol. The van der Waals surface area contributed by atoms with Gasteiger partial charge in [0.1, 0.15) is 0 Å². The molecule has 0 fully saturated rings. The second kappa shape index (κ2) is 14.8. The number of aromatic nitrogens is 1. The number of unbranched alkanes of at least 4 members (excludes halogenated alkanes) is 1. The standard InChI is InChI=1S/C30H41ClN2O.C2H6O/c1-7-9-15-33(20-30(5,6)14-8-2)19-29(34)25-17-27(23-12-10-21(3)11-13-23)32-28-18-26(31)22(4)16-24(25)28;1-2-3/h10-13,16-18,29,34H,7-9,14-15,19-20H2,1-6H3;3H,2H2,1H3. The predicted molar refractivity (Wildman–Crippen MR) is 159 cm³/mol. The third-order valence-electron chi connectivity index (χ3n) is 6.66. The number of fused-ring (bicyclic) bond motifs is 1. The molecule has 2 aromatic carbocycles. The Morgan fingerprint density at radius 3 is 2.24 bits per heavy atom. The molecule has 5 heteroatoms. The van der Waals surface area contributed by atoms with Crippen molar-refractivity contribution in [3.8, 4) is 11.3 Å². The van der Waals surface area contributed by atoms with Crippen LogP contribution in [0.2, 0.25) is 5.02 Å². The zero-order valence-corrected chi connectivity index (χ0v) is 24.7. The number of pyridine rings is 1. The second-order valence-corrected chi connectivity index (χ2v) is 11.3. The summed E-state index contributed by atoms with van der Waals surface area (Å²) in [6.45, 7) is 17.8. The molecule has 1 unspecified atom stereocenters. The molecule has 0 radical (unpaired) electrons. The number of halogens is 1. The van der Waals surface area contributed by atoms with Gasteiger partial charge in [-0.3, -0.25) is 4.90 Å². The summed E-state index contributed by atoms with van der Waals surface area (Å²) in [5.41, 5.74) is 6.10. The van der Waals surface area contributed by atoms with E-state index in [4.69, 9.17) is 21.7 Å². The van der Waals surface area contributed by atoms with E-state index in [2.05, 4.69) is 75.9 Å². The van der Waals surface area contributed by atoms with Crippen LogP contribution < -0.4 is 0 Å². The van der Waals surface area contributed by atoms with Gasteiger partial charge in [0.15, 0.2) is 0 Å². The third-order valence-corrected chi connectivity index (χ3v) is 7.07. The Hall–Kier alpha value is -1.98. The molecule has 4 nitrogen and oxygen atoms in total. The first-order valence-electron chi connectivity index (χ1n) is 13.7. The van der Waals surface area contributed by atoms with Gasteiger partial charge in [0.2, 0.25) is 0 Å². The van der Waals surface area contributed by atoms with Gasteiger partial charge in [-0.25, -0.2) is 4.98 Å². The molecule has 204 valence electrons. The van der Waals surface area contributed by atoms with Crippen molar-refractivity contribution < 1.29 is 10.2 Å². The van der Waals surface area contributed by atoms with Crippen LogP contribution in [0, 0.1) is 19.3 Å². The van der Waals surface area contributed by atoms with Gasteiger partial charge in [0.05, 0.1) is 17.3 Å². The summed E-state index contributed by atoms with van der Waals surface area (Å²) in [5.74, 6) is 0. The first-order chi connectivity index (χ1) is 17.5. The van der Waals surface area contributed by atoms with Gasteiger partial charge in [0.25, 0.3) is 0 Å². The molecule has 0 aliphatic rings. The lowest BCUT2D eigenvalue weighted by atomic mass is 9.87. The summed E-state index contributed by atoms with van der Waals surface area (Å²) in [5, 5.41) is 20.8. The van der Waals surface area contributed by atoms with E-state index in [1.54, 1.807) is 6.92 Å². The van der Waals surface area contributed by atoms with E-state index in [1.807, 2.05) is 13.0 Å². The molecule has 1 atom stereocenters. The Bertz CT molecular complexity index is 1110. The maximum atomic E-state index is 11.6. The third kappa shape index (κ3) is 9.37. The number of hydrogen-bond donors (Lipinski definition) is 2. The lowest BCUT2D eigenvalue weighted by Gasteiger charge is -2.34. The van der Waals surface area contributed by atoms with E-state index < -0.39 is 6.10 Å². The minimum Gasteiger partial charge on any atom is -0.397 e. The topological polar surface area (TPSA) is 56.6 Å². The van der Waals surface area contributed by atoms with E-state index in [0.717, 1.165) is 59.2 Å². The molecule has 0 bridgehead atoms. The molecule has 0 saturated carbocycles. The highest BCUT2D eigenvalue weighted by Crippen LogP contribution is 2.33. The number of aryl methyl sites for hydroxylation is 2. The maximum Gasteiger partial charge on any atom is 0.0924 e. The zero-order chi connectivity index (χ0) is 27.6. The summed E-state index contributed by atoms with van der Waals surface area (Å²) in [6.07, 6.45) is 4.03. The largest absolute Gasteiger partial charge is 0.397 e. The molecule has 37 heavy (non-hydrogen) atoms. The van der Waals surface area contributed by atoms with E-state index in [0.29, 0.717) is 11.6 Å². The Labute approximate surface area is 229 Å². The van der Waals surface area contributed by atoms with Crippen LogP contribution in [0.1, 0.15) is 83.1 Å². The van der Waals surface area contributed by atoms with Crippen molar-refractivity contribution >= 4 is 22.5 Å². The first-order valence-corrected chi connectivity index (χ1v) is 14.1. The number of aliphatic hydroxyl groups is 2. The summed E-state index contributed by atoms with van der Waals surface area (Å²) < 4.78 is 0. The number of aliphatic hydroxyl groups excluding tert-OH is 2. The van der Waals surface area contributed by atoms with Crippen molar-refractivity contribution in [1.82, 2.24) is 9.88 Å². The molecule has 1 aromatic heterocycles. The Balaban J connectivity index is 0.00000153. The molecule has 0 aliphatic heterocycles. The molecule has 2 N–H and O–H groups in total. The average molecular weight is 527 g/mol. The fourth-order valence-electron chi connectivity index (χ4n) is 4.85. The molecular weight excluding hydrogens is 480 g/mol. The van der Waals surface area contributed by atoms with Crippen LogP contribution in [0.5, 0.6) is 0 Å². The molecule has 0 saturated heterocycles. The highest BCUT2D eigenvalue weighted by molar-refractivity contribution is 6.32. The van der Waals surface area contributed by atoms with Crippen molar-refractivity contribution in [2.24, 2.45) is 5.41 Å². The summed E-state index contributed by atoms with van der Waals surface area (Å²) in [6, 6.07) is 14.5. The smallest absolute Gasteiger partial charge is 0.0924 e. The first kappa shape index (κ1) is 31.2. The number of hydrogen-bond acceptors (Lipinski definition) is 4. The van der Waals surface area contributed by atoms with Gasteiger partial charge >= 0.3 is 0 Å². The molecule has 3 aromatic rings. The van der Waals surface area contributed by atoms with E-state index >= 15 is 0 Å². The van der Waals surface area contributed by atoms with Crippen LogP contribution in [-0.4, -0.2) is 46.3 Å². The SMILES string of the molecule is CCCCN(CC(O)c1cc(-c2ccc(C)cc2)nc2cc(Cl)c(C)cc12)CC(C)(C)CCC.CCO. The van der Waals surface area contributed by atoms with Crippen molar-refractivity contribution in [1.29, 1.82) is 0 Å². The van der Waals surface area contributed by atoms with Crippen molar-refractivity contribution in [3.63, 3.8) is 0 Å². The summed E-state index contributed by atoms with van der Waals surface area (Å²) in [4.78, 5) is 7.37. The lowest BCUT2D eigenvalue weighted by Crippen LogP contribution is -2.37. The van der Waals surface area contributed by atoms with Crippen molar-refractivity contribution in [3.05, 3.63) is 64.2 Å². The normalized spacial score (nSPS) is 12.5. The number of nitrogens with zero attached hydrogens (tertiary/aromatic N) is 2. The van der Waals surface area contributed by atoms with Gasteiger partial charge in [-0.15, -0.1) is 0 Å². The van der Waals surface area contributed by atoms with Crippen LogP contribution in [-0.2, 0) is 0 Å². The van der Waals surface area contributed by atoms with Crippen molar-refractivity contribution in [2.75, 3.05) is 26.2 Å². The van der Waals surface area contributed by atoms with Crippen LogP contribution in [0.3, 0.4) is 0 Å². The molecule has 1 heterocycles.